The van der Waals surface area contributed by atoms with Crippen LogP contribution in [0.5, 0.6) is 0 Å². The van der Waals surface area contributed by atoms with Crippen molar-refractivity contribution in [3.05, 3.63) is 88.6 Å². The highest BCUT2D eigenvalue weighted by Crippen LogP contribution is 2.20. The number of nitriles is 1. The van der Waals surface area contributed by atoms with Gasteiger partial charge in [-0.25, -0.2) is 22.2 Å². The Morgan fingerprint density at radius 2 is 1.87 bits per heavy atom. The highest BCUT2D eigenvalue weighted by Gasteiger charge is 2.19. The Labute approximate surface area is 172 Å². The quantitative estimate of drug-likeness (QED) is 0.626. The summed E-state index contributed by atoms with van der Waals surface area (Å²) >= 11 is 0. The lowest BCUT2D eigenvalue weighted by molar-refractivity contribution is 0.566. The zero-order valence-electron chi connectivity index (χ0n) is 15.4. The van der Waals surface area contributed by atoms with E-state index in [-0.39, 0.29) is 22.6 Å². The molecule has 30 heavy (non-hydrogen) atoms. The number of benzene rings is 2. The molecular formula is C21H14F2N4O2S. The lowest BCUT2D eigenvalue weighted by Crippen LogP contribution is -2.16. The Morgan fingerprint density at radius 1 is 1.07 bits per heavy atom. The zero-order valence-corrected chi connectivity index (χ0v) is 16.2. The fourth-order valence-corrected chi connectivity index (χ4v) is 3.70. The van der Waals surface area contributed by atoms with Crippen molar-refractivity contribution >= 4 is 21.5 Å². The minimum absolute atomic E-state index is 0.160. The van der Waals surface area contributed by atoms with Crippen LogP contribution in [0.2, 0.25) is 0 Å². The number of sulfonamides is 1. The van der Waals surface area contributed by atoms with Crippen LogP contribution in [0, 0.1) is 34.8 Å². The molecule has 9 heteroatoms. The number of nitrogens with one attached hydrogen (secondary N) is 1. The molecule has 150 valence electrons. The van der Waals surface area contributed by atoms with Crippen LogP contribution in [0.15, 0.2) is 54.7 Å². The summed E-state index contributed by atoms with van der Waals surface area (Å²) in [6, 6.07) is 12.7. The predicted molar refractivity (Wildman–Crippen MR) is 108 cm³/mol. The van der Waals surface area contributed by atoms with Gasteiger partial charge in [-0.05, 0) is 36.4 Å². The molecule has 0 saturated heterocycles. The number of nitrogens with zero attached hydrogens (tertiary/aromatic N) is 2. The standard InChI is InChI=1S/C21H14F2N4O2S/c22-19-8-6-16(13-30(28,29)27-17-3-1-2-15(10-17)11-24)21(23)18(19)7-4-14-5-9-20(25)26-12-14/h1-3,5-6,8-10,12,27H,13H2,(H2,25,26). The normalized spacial score (nSPS) is 10.6. The molecule has 3 N–H and O–H groups in total. The summed E-state index contributed by atoms with van der Waals surface area (Å²) in [5.41, 5.74) is 5.48. The lowest BCUT2D eigenvalue weighted by atomic mass is 10.1. The molecule has 0 aliphatic heterocycles. The van der Waals surface area contributed by atoms with E-state index >= 15 is 0 Å². The van der Waals surface area contributed by atoms with E-state index in [1.807, 2.05) is 6.07 Å². The number of nitrogen functional groups attached to an aromatic ring is 1. The fourth-order valence-electron chi connectivity index (χ4n) is 2.51. The largest absolute Gasteiger partial charge is 0.384 e. The van der Waals surface area contributed by atoms with E-state index in [9.17, 15) is 17.2 Å². The number of halogens is 2. The molecule has 0 spiro atoms. The number of hydrogen-bond donors (Lipinski definition) is 2. The first-order chi connectivity index (χ1) is 14.3. The second-order valence-corrected chi connectivity index (χ2v) is 7.89. The van der Waals surface area contributed by atoms with Gasteiger partial charge in [0.15, 0.2) is 0 Å². The lowest BCUT2D eigenvalue weighted by Gasteiger charge is -2.10. The molecule has 0 aliphatic rings. The van der Waals surface area contributed by atoms with Gasteiger partial charge in [0.2, 0.25) is 10.0 Å². The van der Waals surface area contributed by atoms with Crippen molar-refractivity contribution < 1.29 is 17.2 Å². The van der Waals surface area contributed by atoms with E-state index in [1.54, 1.807) is 6.07 Å². The van der Waals surface area contributed by atoms with Crippen LogP contribution in [0.1, 0.15) is 22.3 Å². The summed E-state index contributed by atoms with van der Waals surface area (Å²) in [7, 11) is -4.03. The van der Waals surface area contributed by atoms with E-state index in [0.29, 0.717) is 5.56 Å². The highest BCUT2D eigenvalue weighted by atomic mass is 32.2. The summed E-state index contributed by atoms with van der Waals surface area (Å²) in [5, 5.41) is 8.90. The molecule has 0 bridgehead atoms. The van der Waals surface area contributed by atoms with Gasteiger partial charge in [-0.15, -0.1) is 0 Å². The molecular weight excluding hydrogens is 410 g/mol. The van der Waals surface area contributed by atoms with E-state index in [4.69, 9.17) is 11.0 Å². The molecule has 3 rings (SSSR count). The van der Waals surface area contributed by atoms with Gasteiger partial charge in [0, 0.05) is 23.0 Å². The zero-order chi connectivity index (χ0) is 21.7. The van der Waals surface area contributed by atoms with Crippen molar-refractivity contribution in [2.45, 2.75) is 5.75 Å². The molecule has 1 heterocycles. The van der Waals surface area contributed by atoms with E-state index in [1.165, 1.54) is 36.5 Å². The Balaban J connectivity index is 1.87. The summed E-state index contributed by atoms with van der Waals surface area (Å²) in [6.45, 7) is 0. The predicted octanol–water partition coefficient (Wildman–Crippen LogP) is 3.16. The number of pyridine rings is 1. The SMILES string of the molecule is N#Cc1cccc(NS(=O)(=O)Cc2ccc(F)c(C#Cc3ccc(N)nc3)c2F)c1. The van der Waals surface area contributed by atoms with Gasteiger partial charge in [-0.3, -0.25) is 4.72 Å². The molecule has 0 unspecified atom stereocenters. The maximum atomic E-state index is 14.8. The van der Waals surface area contributed by atoms with Crippen LogP contribution in [0.25, 0.3) is 0 Å². The third-order valence-corrected chi connectivity index (χ3v) is 5.14. The first-order valence-corrected chi connectivity index (χ1v) is 10.1. The smallest absolute Gasteiger partial charge is 0.237 e. The minimum atomic E-state index is -4.03. The summed E-state index contributed by atoms with van der Waals surface area (Å²) in [6.07, 6.45) is 1.35. The summed E-state index contributed by atoms with van der Waals surface area (Å²) in [4.78, 5) is 3.83. The number of hydrogen-bond acceptors (Lipinski definition) is 5. The van der Waals surface area contributed by atoms with Gasteiger partial charge in [-0.2, -0.15) is 5.26 Å². The van der Waals surface area contributed by atoms with Gasteiger partial charge in [0.05, 0.1) is 22.9 Å². The van der Waals surface area contributed by atoms with E-state index in [2.05, 4.69) is 21.5 Å². The van der Waals surface area contributed by atoms with Gasteiger partial charge in [-0.1, -0.05) is 24.0 Å². The van der Waals surface area contributed by atoms with E-state index in [0.717, 1.165) is 12.1 Å². The molecule has 3 aromatic rings. The van der Waals surface area contributed by atoms with Gasteiger partial charge in [0.25, 0.3) is 0 Å². The van der Waals surface area contributed by atoms with Crippen LogP contribution in [-0.2, 0) is 15.8 Å². The molecule has 0 fully saturated rings. The van der Waals surface area contributed by atoms with Crippen molar-refractivity contribution in [1.29, 1.82) is 5.26 Å². The maximum absolute atomic E-state index is 14.8. The van der Waals surface area contributed by atoms with Crippen molar-refractivity contribution in [2.75, 3.05) is 10.5 Å². The second kappa shape index (κ2) is 8.60. The molecule has 0 saturated carbocycles. The van der Waals surface area contributed by atoms with Crippen LogP contribution < -0.4 is 10.5 Å². The Kier molecular flexibility index (Phi) is 5.95. The van der Waals surface area contributed by atoms with Crippen molar-refractivity contribution in [3.8, 4) is 17.9 Å². The van der Waals surface area contributed by atoms with Crippen LogP contribution in [-0.4, -0.2) is 13.4 Å². The van der Waals surface area contributed by atoms with Crippen molar-refractivity contribution in [1.82, 2.24) is 4.98 Å². The van der Waals surface area contributed by atoms with Crippen molar-refractivity contribution in [3.63, 3.8) is 0 Å². The number of rotatable bonds is 4. The second-order valence-electron chi connectivity index (χ2n) is 6.17. The molecule has 0 atom stereocenters. The molecule has 0 amide bonds. The Bertz CT molecular complexity index is 1310. The fraction of sp³-hybridized carbons (Fsp3) is 0.0476. The summed E-state index contributed by atoms with van der Waals surface area (Å²) in [5.74, 6) is 2.49. The van der Waals surface area contributed by atoms with Crippen LogP contribution in [0.4, 0.5) is 20.3 Å². The average Bonchev–Trinajstić information content (AvgIpc) is 2.71. The third kappa shape index (κ3) is 5.10. The monoisotopic (exact) mass is 424 g/mol. The average molecular weight is 424 g/mol. The number of nitrogens with two attached hydrogens (primary N) is 1. The number of anilines is 2. The molecule has 0 aliphatic carbocycles. The summed E-state index contributed by atoms with van der Waals surface area (Å²) < 4.78 is 56.0. The van der Waals surface area contributed by atoms with Gasteiger partial charge >= 0.3 is 0 Å². The Hall–Kier alpha value is -3.95. The molecule has 0 radical (unpaired) electrons. The van der Waals surface area contributed by atoms with E-state index < -0.39 is 33.0 Å². The first-order valence-electron chi connectivity index (χ1n) is 8.48. The number of aromatic nitrogens is 1. The minimum Gasteiger partial charge on any atom is -0.384 e. The molecule has 6 nitrogen and oxygen atoms in total. The first kappa shape index (κ1) is 20.8. The highest BCUT2D eigenvalue weighted by molar-refractivity contribution is 7.91. The van der Waals surface area contributed by atoms with Crippen molar-refractivity contribution in [2.24, 2.45) is 0 Å². The van der Waals surface area contributed by atoms with Crippen LogP contribution in [0.3, 0.4) is 0 Å². The molecule has 1 aromatic heterocycles. The maximum Gasteiger partial charge on any atom is 0.237 e. The topological polar surface area (TPSA) is 109 Å². The van der Waals surface area contributed by atoms with Crippen LogP contribution >= 0.6 is 0 Å². The Morgan fingerprint density at radius 3 is 2.57 bits per heavy atom. The van der Waals surface area contributed by atoms with Gasteiger partial charge in [0.1, 0.15) is 17.5 Å². The molecule has 2 aromatic carbocycles. The third-order valence-electron chi connectivity index (χ3n) is 3.90. The van der Waals surface area contributed by atoms with Gasteiger partial charge < -0.3 is 5.73 Å².